The van der Waals surface area contributed by atoms with Gasteiger partial charge in [-0.1, -0.05) is 18.2 Å². The van der Waals surface area contributed by atoms with E-state index in [-0.39, 0.29) is 18.1 Å². The van der Waals surface area contributed by atoms with Crippen molar-refractivity contribution in [1.82, 2.24) is 19.6 Å². The first-order valence-corrected chi connectivity index (χ1v) is 8.32. The van der Waals surface area contributed by atoms with Gasteiger partial charge in [-0.15, -0.1) is 5.10 Å². The zero-order valence-corrected chi connectivity index (χ0v) is 15.1. The van der Waals surface area contributed by atoms with E-state index >= 15 is 0 Å². The minimum atomic E-state index is -4.64. The van der Waals surface area contributed by atoms with Crippen LogP contribution in [-0.4, -0.2) is 25.5 Å². The minimum Gasteiger partial charge on any atom is -0.326 e. The van der Waals surface area contributed by atoms with Crippen LogP contribution in [0.25, 0.3) is 5.78 Å². The fourth-order valence-electron chi connectivity index (χ4n) is 2.85. The highest BCUT2D eigenvalue weighted by Crippen LogP contribution is 2.27. The van der Waals surface area contributed by atoms with Gasteiger partial charge in [0.15, 0.2) is 0 Å². The van der Waals surface area contributed by atoms with Crippen LogP contribution in [0.3, 0.4) is 0 Å². The highest BCUT2D eigenvalue weighted by atomic mass is 19.4. The number of aryl methyl sites for hydroxylation is 3. The normalized spacial score (nSPS) is 11.8. The lowest BCUT2D eigenvalue weighted by Crippen LogP contribution is -2.15. The van der Waals surface area contributed by atoms with Crippen molar-refractivity contribution in [2.24, 2.45) is 0 Å². The van der Waals surface area contributed by atoms with Gasteiger partial charge >= 0.3 is 6.18 Å². The first kappa shape index (κ1) is 18.8. The van der Waals surface area contributed by atoms with Crippen molar-refractivity contribution in [3.05, 3.63) is 52.6 Å². The fourth-order valence-corrected chi connectivity index (χ4v) is 2.85. The summed E-state index contributed by atoms with van der Waals surface area (Å²) in [6, 6.07) is 7.42. The Morgan fingerprint density at radius 3 is 2.52 bits per heavy atom. The lowest BCUT2D eigenvalue weighted by Gasteiger charge is -2.11. The number of anilines is 1. The number of para-hydroxylation sites is 1. The molecule has 1 N–H and O–H groups in total. The Morgan fingerprint density at radius 1 is 1.15 bits per heavy atom. The van der Waals surface area contributed by atoms with Crippen molar-refractivity contribution >= 4 is 17.4 Å². The molecule has 1 aromatic carbocycles. The summed E-state index contributed by atoms with van der Waals surface area (Å²) < 4.78 is 39.6. The first-order chi connectivity index (χ1) is 12.7. The van der Waals surface area contributed by atoms with Crippen LogP contribution in [0.15, 0.2) is 24.3 Å². The largest absolute Gasteiger partial charge is 0.453 e. The molecular weight excluding hydrogens is 359 g/mol. The summed E-state index contributed by atoms with van der Waals surface area (Å²) in [4.78, 5) is 19.8. The second kappa shape index (κ2) is 6.98. The molecule has 6 nitrogen and oxygen atoms in total. The van der Waals surface area contributed by atoms with Crippen molar-refractivity contribution in [3.63, 3.8) is 0 Å². The molecule has 1 amide bonds. The van der Waals surface area contributed by atoms with Gasteiger partial charge in [0, 0.05) is 23.5 Å². The number of hydrogen-bond acceptors (Lipinski definition) is 4. The van der Waals surface area contributed by atoms with E-state index in [1.165, 1.54) is 0 Å². The van der Waals surface area contributed by atoms with Crippen LogP contribution in [0.2, 0.25) is 0 Å². The number of halogens is 3. The molecule has 0 saturated heterocycles. The Hall–Kier alpha value is -2.97. The molecule has 0 fully saturated rings. The second-order valence-electron chi connectivity index (χ2n) is 6.27. The SMILES string of the molecule is Cc1ccccc1NC(=O)CCc1c(C)nc2nc(C(F)(F)F)nn2c1C. The van der Waals surface area contributed by atoms with E-state index in [4.69, 9.17) is 0 Å². The number of amides is 1. The topological polar surface area (TPSA) is 72.2 Å². The molecule has 0 aliphatic carbocycles. The van der Waals surface area contributed by atoms with E-state index in [2.05, 4.69) is 20.4 Å². The third-order valence-electron chi connectivity index (χ3n) is 4.32. The van der Waals surface area contributed by atoms with Crippen LogP contribution in [0.5, 0.6) is 0 Å². The second-order valence-corrected chi connectivity index (χ2v) is 6.27. The number of hydrogen-bond donors (Lipinski definition) is 1. The summed E-state index contributed by atoms with van der Waals surface area (Å²) in [6.07, 6.45) is -4.13. The molecule has 2 heterocycles. The summed E-state index contributed by atoms with van der Waals surface area (Å²) in [5.41, 5.74) is 3.38. The van der Waals surface area contributed by atoms with E-state index in [0.717, 1.165) is 15.8 Å². The zero-order valence-electron chi connectivity index (χ0n) is 15.1. The number of aromatic nitrogens is 4. The van der Waals surface area contributed by atoms with Crippen LogP contribution >= 0.6 is 0 Å². The Kier molecular flexibility index (Phi) is 4.86. The maximum atomic E-state index is 12.8. The third-order valence-corrected chi connectivity index (χ3v) is 4.32. The highest BCUT2D eigenvalue weighted by molar-refractivity contribution is 5.91. The quantitative estimate of drug-likeness (QED) is 0.754. The average molecular weight is 377 g/mol. The lowest BCUT2D eigenvalue weighted by molar-refractivity contribution is -0.144. The van der Waals surface area contributed by atoms with Crippen molar-refractivity contribution in [2.45, 2.75) is 39.8 Å². The summed E-state index contributed by atoms with van der Waals surface area (Å²) in [7, 11) is 0. The molecule has 0 unspecified atom stereocenters. The van der Waals surface area contributed by atoms with Crippen LogP contribution in [0.1, 0.15) is 34.8 Å². The molecule has 0 aliphatic rings. The van der Waals surface area contributed by atoms with E-state index in [1.54, 1.807) is 13.8 Å². The number of benzene rings is 1. The number of carbonyl (C=O) groups is 1. The van der Waals surface area contributed by atoms with Crippen molar-refractivity contribution in [2.75, 3.05) is 5.32 Å². The van der Waals surface area contributed by atoms with Gasteiger partial charge in [0.05, 0.1) is 0 Å². The molecule has 3 rings (SSSR count). The van der Waals surface area contributed by atoms with Crippen LogP contribution in [0.4, 0.5) is 18.9 Å². The first-order valence-electron chi connectivity index (χ1n) is 8.32. The van der Waals surface area contributed by atoms with Gasteiger partial charge in [0.2, 0.25) is 5.91 Å². The fraction of sp³-hybridized carbons (Fsp3) is 0.333. The molecule has 9 heteroatoms. The molecule has 3 aromatic rings. The van der Waals surface area contributed by atoms with Crippen molar-refractivity contribution in [1.29, 1.82) is 0 Å². The predicted octanol–water partition coefficient (Wildman–Crippen LogP) is 3.64. The Labute approximate surface area is 153 Å². The number of fused-ring (bicyclic) bond motifs is 1. The number of alkyl halides is 3. The molecule has 27 heavy (non-hydrogen) atoms. The molecule has 0 bridgehead atoms. The van der Waals surface area contributed by atoms with Gasteiger partial charge in [-0.3, -0.25) is 4.79 Å². The summed E-state index contributed by atoms with van der Waals surface area (Å²) >= 11 is 0. The van der Waals surface area contributed by atoms with E-state index in [0.29, 0.717) is 23.4 Å². The summed E-state index contributed by atoms with van der Waals surface area (Å²) in [6.45, 7) is 5.22. The Balaban J connectivity index is 1.80. The van der Waals surface area contributed by atoms with Gasteiger partial charge < -0.3 is 5.32 Å². The number of nitrogens with one attached hydrogen (secondary N) is 1. The van der Waals surface area contributed by atoms with Crippen molar-refractivity contribution in [3.8, 4) is 0 Å². The zero-order chi connectivity index (χ0) is 19.8. The molecule has 0 saturated carbocycles. The van der Waals surface area contributed by atoms with Crippen LogP contribution in [-0.2, 0) is 17.4 Å². The van der Waals surface area contributed by atoms with E-state index in [1.807, 2.05) is 31.2 Å². The smallest absolute Gasteiger partial charge is 0.326 e. The van der Waals surface area contributed by atoms with Gasteiger partial charge in [0.1, 0.15) is 0 Å². The number of nitrogens with zero attached hydrogens (tertiary/aromatic N) is 4. The maximum Gasteiger partial charge on any atom is 0.453 e. The van der Waals surface area contributed by atoms with Crippen LogP contribution < -0.4 is 5.32 Å². The molecule has 0 spiro atoms. The maximum absolute atomic E-state index is 12.8. The van der Waals surface area contributed by atoms with Gasteiger partial charge in [-0.2, -0.15) is 18.2 Å². The summed E-state index contributed by atoms with van der Waals surface area (Å²) in [5.74, 6) is -1.52. The van der Waals surface area contributed by atoms with Crippen LogP contribution in [0, 0.1) is 20.8 Å². The molecule has 0 atom stereocenters. The van der Waals surface area contributed by atoms with Gasteiger partial charge in [-0.05, 0) is 44.4 Å². The van der Waals surface area contributed by atoms with Gasteiger partial charge in [0.25, 0.3) is 11.6 Å². The van der Waals surface area contributed by atoms with Crippen molar-refractivity contribution < 1.29 is 18.0 Å². The minimum absolute atomic E-state index is 0.106. The third kappa shape index (κ3) is 3.91. The molecule has 2 aromatic heterocycles. The average Bonchev–Trinajstić information content (AvgIpc) is 3.01. The van der Waals surface area contributed by atoms with E-state index < -0.39 is 12.0 Å². The Bertz CT molecular complexity index is 1010. The molecule has 0 radical (unpaired) electrons. The number of carbonyl (C=O) groups excluding carboxylic acids is 1. The van der Waals surface area contributed by atoms with E-state index in [9.17, 15) is 18.0 Å². The molecule has 142 valence electrons. The molecular formula is C18H18F3N5O. The number of rotatable bonds is 4. The van der Waals surface area contributed by atoms with Gasteiger partial charge in [-0.25, -0.2) is 9.50 Å². The predicted molar refractivity (Wildman–Crippen MR) is 93.4 cm³/mol. The highest BCUT2D eigenvalue weighted by Gasteiger charge is 2.36. The molecule has 0 aliphatic heterocycles. The lowest BCUT2D eigenvalue weighted by atomic mass is 10.1. The standard InChI is InChI=1S/C18H18F3N5O/c1-10-6-4-5-7-14(10)23-15(27)9-8-13-11(2)22-17-24-16(18(19,20)21)25-26(17)12(13)3/h4-7H,8-9H2,1-3H3,(H,23,27). The Morgan fingerprint density at radius 2 is 1.85 bits per heavy atom. The summed E-state index contributed by atoms with van der Waals surface area (Å²) in [5, 5.41) is 6.35. The monoisotopic (exact) mass is 377 g/mol.